The summed E-state index contributed by atoms with van der Waals surface area (Å²) in [5.74, 6) is 3.07. The van der Waals surface area contributed by atoms with Crippen LogP contribution < -0.4 is 4.74 Å². The number of imidazole rings is 1. The summed E-state index contributed by atoms with van der Waals surface area (Å²) in [5.41, 5.74) is 2.17. The lowest BCUT2D eigenvalue weighted by Gasteiger charge is -2.45. The van der Waals surface area contributed by atoms with Gasteiger partial charge >= 0.3 is 0 Å². The Morgan fingerprint density at radius 2 is 2.14 bits per heavy atom. The van der Waals surface area contributed by atoms with Crippen molar-refractivity contribution in [2.45, 2.75) is 24.8 Å². The fourth-order valence-electron chi connectivity index (χ4n) is 3.94. The number of halogens is 1. The highest BCUT2D eigenvalue weighted by atomic mass is 35.5. The van der Waals surface area contributed by atoms with Crippen molar-refractivity contribution in [3.8, 4) is 5.75 Å². The van der Waals surface area contributed by atoms with Gasteiger partial charge in [-0.05, 0) is 44.0 Å². The van der Waals surface area contributed by atoms with E-state index in [-0.39, 0.29) is 0 Å². The molecule has 0 radical (unpaired) electrons. The largest absolute Gasteiger partial charge is 0.497 e. The zero-order valence-corrected chi connectivity index (χ0v) is 13.0. The highest BCUT2D eigenvalue weighted by Crippen LogP contribution is 2.38. The first-order chi connectivity index (χ1) is 10.3. The van der Waals surface area contributed by atoms with E-state index in [9.17, 15) is 0 Å². The van der Waals surface area contributed by atoms with Crippen LogP contribution in [0.1, 0.15) is 24.7 Å². The Bertz CT molecular complexity index is 661. The second kappa shape index (κ2) is 5.18. The first-order valence-electron chi connectivity index (χ1n) is 7.63. The van der Waals surface area contributed by atoms with Crippen LogP contribution in [-0.2, 0) is 5.88 Å². The summed E-state index contributed by atoms with van der Waals surface area (Å²) in [7, 11) is 1.71. The number of benzene rings is 1. The average Bonchev–Trinajstić information content (AvgIpc) is 2.93. The van der Waals surface area contributed by atoms with Crippen molar-refractivity contribution in [3.63, 3.8) is 0 Å². The Kier molecular flexibility index (Phi) is 3.31. The number of methoxy groups -OCH3 is 1. The first-order valence-corrected chi connectivity index (χ1v) is 8.17. The van der Waals surface area contributed by atoms with Crippen molar-refractivity contribution >= 4 is 22.6 Å². The smallest absolute Gasteiger partial charge is 0.125 e. The zero-order chi connectivity index (χ0) is 14.4. The summed E-state index contributed by atoms with van der Waals surface area (Å²) in [4.78, 5) is 7.29. The van der Waals surface area contributed by atoms with Gasteiger partial charge in [-0.1, -0.05) is 0 Å². The van der Waals surface area contributed by atoms with Crippen LogP contribution in [0.3, 0.4) is 0 Å². The van der Waals surface area contributed by atoms with E-state index in [1.165, 1.54) is 25.9 Å². The van der Waals surface area contributed by atoms with Gasteiger partial charge in [-0.25, -0.2) is 4.98 Å². The minimum atomic E-state index is 0.459. The van der Waals surface area contributed by atoms with E-state index in [0.717, 1.165) is 35.1 Å². The van der Waals surface area contributed by atoms with Crippen LogP contribution in [0.4, 0.5) is 0 Å². The highest BCUT2D eigenvalue weighted by molar-refractivity contribution is 6.16. The molecule has 112 valence electrons. The Labute approximate surface area is 129 Å². The van der Waals surface area contributed by atoms with E-state index >= 15 is 0 Å². The molecule has 0 aliphatic carbocycles. The molecule has 1 atom stereocenters. The molecule has 0 amide bonds. The van der Waals surface area contributed by atoms with Gasteiger partial charge in [0.25, 0.3) is 0 Å². The van der Waals surface area contributed by atoms with Gasteiger partial charge in [-0.15, -0.1) is 11.6 Å². The third-order valence-electron chi connectivity index (χ3n) is 5.04. The van der Waals surface area contributed by atoms with Crippen LogP contribution in [0.25, 0.3) is 11.0 Å². The predicted molar refractivity (Wildman–Crippen MR) is 84.0 cm³/mol. The van der Waals surface area contributed by atoms with Gasteiger partial charge in [-0.3, -0.25) is 0 Å². The first kappa shape index (κ1) is 13.4. The lowest BCUT2D eigenvalue weighted by Crippen LogP contribution is -2.48. The topological polar surface area (TPSA) is 30.3 Å². The van der Waals surface area contributed by atoms with Crippen molar-refractivity contribution in [3.05, 3.63) is 24.0 Å². The molecule has 4 heterocycles. The Hall–Kier alpha value is -1.26. The Morgan fingerprint density at radius 3 is 2.76 bits per heavy atom. The van der Waals surface area contributed by atoms with E-state index in [0.29, 0.717) is 11.9 Å². The molecular formula is C16H20ClN3O. The van der Waals surface area contributed by atoms with Crippen molar-refractivity contribution in [2.75, 3.05) is 26.7 Å². The average molecular weight is 306 g/mol. The van der Waals surface area contributed by atoms with E-state index in [1.807, 2.05) is 12.1 Å². The maximum atomic E-state index is 6.17. The number of hydrogen-bond donors (Lipinski definition) is 0. The summed E-state index contributed by atoms with van der Waals surface area (Å²) >= 11 is 6.17. The van der Waals surface area contributed by atoms with Crippen LogP contribution in [0.15, 0.2) is 18.2 Å². The fourth-order valence-corrected chi connectivity index (χ4v) is 4.13. The molecule has 1 unspecified atom stereocenters. The van der Waals surface area contributed by atoms with E-state index < -0.39 is 0 Å². The summed E-state index contributed by atoms with van der Waals surface area (Å²) in [6.07, 6.45) is 2.58. The molecule has 3 aliphatic rings. The minimum Gasteiger partial charge on any atom is -0.497 e. The van der Waals surface area contributed by atoms with Gasteiger partial charge in [0, 0.05) is 12.6 Å². The van der Waals surface area contributed by atoms with Crippen molar-refractivity contribution in [1.82, 2.24) is 14.5 Å². The maximum absolute atomic E-state index is 6.17. The molecule has 0 saturated carbocycles. The minimum absolute atomic E-state index is 0.459. The molecule has 2 bridgehead atoms. The molecular weight excluding hydrogens is 286 g/mol. The summed E-state index contributed by atoms with van der Waals surface area (Å²) in [6.45, 7) is 3.61. The molecule has 21 heavy (non-hydrogen) atoms. The number of ether oxygens (including phenoxy) is 1. The SMILES string of the molecule is COc1ccc2nc(CCl)n(C3CN4CCC3CC4)c2c1. The molecule has 4 nitrogen and oxygen atoms in total. The number of fused-ring (bicyclic) bond motifs is 4. The van der Waals surface area contributed by atoms with E-state index in [4.69, 9.17) is 21.3 Å². The highest BCUT2D eigenvalue weighted by Gasteiger charge is 2.36. The number of nitrogens with zero attached hydrogens (tertiary/aromatic N) is 3. The Balaban J connectivity index is 1.85. The molecule has 1 aromatic carbocycles. The van der Waals surface area contributed by atoms with Gasteiger partial charge in [0.1, 0.15) is 11.6 Å². The van der Waals surface area contributed by atoms with E-state index in [2.05, 4.69) is 15.5 Å². The van der Waals surface area contributed by atoms with Gasteiger partial charge < -0.3 is 14.2 Å². The predicted octanol–water partition coefficient (Wildman–Crippen LogP) is 3.05. The quantitative estimate of drug-likeness (QED) is 0.817. The molecule has 0 N–H and O–H groups in total. The van der Waals surface area contributed by atoms with Crippen LogP contribution in [0.5, 0.6) is 5.75 Å². The van der Waals surface area contributed by atoms with Crippen molar-refractivity contribution in [2.24, 2.45) is 5.92 Å². The lowest BCUT2D eigenvalue weighted by molar-refractivity contribution is 0.0578. The standard InChI is InChI=1S/C16H20ClN3O/c1-21-12-2-3-13-14(8-12)20(16(9-17)18-13)15-10-19-6-4-11(15)5-7-19/h2-3,8,11,15H,4-7,9-10H2,1H3. The summed E-state index contributed by atoms with van der Waals surface area (Å²) in [6, 6.07) is 6.59. The van der Waals surface area contributed by atoms with Gasteiger partial charge in [0.05, 0.1) is 30.1 Å². The molecule has 1 aromatic heterocycles. The molecule has 0 spiro atoms. The Morgan fingerprint density at radius 1 is 1.33 bits per heavy atom. The lowest BCUT2D eigenvalue weighted by atomic mass is 9.83. The monoisotopic (exact) mass is 305 g/mol. The summed E-state index contributed by atoms with van der Waals surface area (Å²) < 4.78 is 7.76. The molecule has 3 aliphatic heterocycles. The normalized spacial score (nSPS) is 28.2. The van der Waals surface area contributed by atoms with E-state index in [1.54, 1.807) is 7.11 Å². The second-order valence-electron chi connectivity index (χ2n) is 6.09. The molecule has 2 aromatic rings. The van der Waals surface area contributed by atoms with Crippen LogP contribution in [-0.4, -0.2) is 41.2 Å². The zero-order valence-electron chi connectivity index (χ0n) is 12.3. The van der Waals surface area contributed by atoms with Gasteiger partial charge in [0.15, 0.2) is 0 Å². The molecule has 5 heteroatoms. The number of aromatic nitrogens is 2. The third kappa shape index (κ3) is 2.12. The van der Waals surface area contributed by atoms with Gasteiger partial charge in [-0.2, -0.15) is 0 Å². The third-order valence-corrected chi connectivity index (χ3v) is 5.28. The molecule has 3 fully saturated rings. The van der Waals surface area contributed by atoms with Crippen LogP contribution in [0.2, 0.25) is 0 Å². The van der Waals surface area contributed by atoms with Crippen LogP contribution >= 0.6 is 11.6 Å². The molecule has 3 saturated heterocycles. The van der Waals surface area contributed by atoms with Crippen molar-refractivity contribution < 1.29 is 4.74 Å². The summed E-state index contributed by atoms with van der Waals surface area (Å²) in [5, 5.41) is 0. The maximum Gasteiger partial charge on any atom is 0.125 e. The van der Waals surface area contributed by atoms with Crippen LogP contribution in [0, 0.1) is 5.92 Å². The van der Waals surface area contributed by atoms with Gasteiger partial charge in [0.2, 0.25) is 0 Å². The molecule has 5 rings (SSSR count). The number of hydrogen-bond acceptors (Lipinski definition) is 3. The second-order valence-corrected chi connectivity index (χ2v) is 6.36. The number of rotatable bonds is 3. The number of piperidine rings is 3. The number of alkyl halides is 1. The van der Waals surface area contributed by atoms with Crippen molar-refractivity contribution in [1.29, 1.82) is 0 Å². The fraction of sp³-hybridized carbons (Fsp3) is 0.562.